The maximum absolute atomic E-state index is 14.4. The molecular formula is C46H68N2O13. The van der Waals surface area contributed by atoms with Gasteiger partial charge in [0, 0.05) is 82.8 Å². The lowest BCUT2D eigenvalue weighted by Gasteiger charge is -2.64. The monoisotopic (exact) mass is 856 g/mol. The predicted molar refractivity (Wildman–Crippen MR) is 217 cm³/mol. The minimum absolute atomic E-state index is 0.0110. The molecule has 10 aliphatic heterocycles. The summed E-state index contributed by atoms with van der Waals surface area (Å²) >= 11 is 0. The Morgan fingerprint density at radius 2 is 1.72 bits per heavy atom. The zero-order chi connectivity index (χ0) is 42.4. The molecule has 1 amide bonds. The zero-order valence-electron chi connectivity index (χ0n) is 36.1. The lowest BCUT2D eigenvalue weighted by molar-refractivity contribution is -0.396. The fraction of sp³-hybridized carbons (Fsp3) is 0.891. The maximum Gasteiger partial charge on any atom is 0.249 e. The molecule has 4 N–H and O–H groups in total. The number of nitrogens with one attached hydrogen (secondary N) is 1. The van der Waals surface area contributed by atoms with Gasteiger partial charge in [-0.3, -0.25) is 14.6 Å². The Kier molecular flexibility index (Phi) is 11.9. The maximum atomic E-state index is 14.4. The van der Waals surface area contributed by atoms with Crippen LogP contribution in [0.4, 0.5) is 0 Å². The molecule has 15 nitrogen and oxygen atoms in total. The lowest BCUT2D eigenvalue weighted by Crippen LogP contribution is -2.75. The quantitative estimate of drug-likeness (QED) is 0.261. The molecule has 12 aliphatic rings. The molecule has 10 heterocycles. The van der Waals surface area contributed by atoms with Gasteiger partial charge in [-0.05, 0) is 81.6 Å². The van der Waals surface area contributed by atoms with Crippen LogP contribution in [0, 0.1) is 29.6 Å². The van der Waals surface area contributed by atoms with Crippen LogP contribution in [0.2, 0.25) is 0 Å². The summed E-state index contributed by atoms with van der Waals surface area (Å²) in [5.41, 5.74) is 0.551. The number of aliphatic hydroxyl groups is 3. The van der Waals surface area contributed by atoms with Gasteiger partial charge in [0.05, 0.1) is 67.1 Å². The van der Waals surface area contributed by atoms with Gasteiger partial charge in [-0.2, -0.15) is 0 Å². The zero-order valence-corrected chi connectivity index (χ0v) is 36.1. The summed E-state index contributed by atoms with van der Waals surface area (Å²) in [6.45, 7) is 6.80. The Bertz CT molecular complexity index is 1710. The van der Waals surface area contributed by atoms with Crippen LogP contribution in [-0.2, 0) is 47.5 Å². The van der Waals surface area contributed by atoms with Crippen molar-refractivity contribution >= 4 is 17.4 Å². The number of amides is 1. The van der Waals surface area contributed by atoms with Gasteiger partial charge in [-0.25, -0.2) is 0 Å². The van der Waals surface area contributed by atoms with Crippen LogP contribution >= 0.6 is 0 Å². The number of ether oxygens (including phenoxy) is 8. The Hall–Kier alpha value is -1.89. The number of carbonyl (C=O) groups is 2. The van der Waals surface area contributed by atoms with Crippen LogP contribution in [0.25, 0.3) is 0 Å². The average molecular weight is 857 g/mol. The average Bonchev–Trinajstić information content (AvgIpc) is 3.93. The van der Waals surface area contributed by atoms with Crippen LogP contribution in [0.15, 0.2) is 17.1 Å². The first-order valence-corrected chi connectivity index (χ1v) is 23.5. The molecule has 61 heavy (non-hydrogen) atoms. The number of carbonyl (C=O) groups excluding carboxylic acids is 2. The van der Waals surface area contributed by atoms with Crippen LogP contribution in [0.5, 0.6) is 0 Å². The van der Waals surface area contributed by atoms with Gasteiger partial charge in [-0.15, -0.1) is 0 Å². The molecular weight excluding hydrogens is 789 g/mol. The second-order valence-corrected chi connectivity index (χ2v) is 20.5. The molecule has 1 spiro atoms. The Labute approximate surface area is 358 Å². The highest BCUT2D eigenvalue weighted by Crippen LogP contribution is 2.58. The van der Waals surface area contributed by atoms with Crippen LogP contribution < -0.4 is 5.32 Å². The van der Waals surface area contributed by atoms with Crippen molar-refractivity contribution < 1.29 is 62.8 Å². The largest absolute Gasteiger partial charge is 0.393 e. The van der Waals surface area contributed by atoms with Crippen molar-refractivity contribution in [3.05, 3.63) is 12.2 Å². The fourth-order valence-corrected chi connectivity index (χ4v) is 12.9. The first-order chi connectivity index (χ1) is 29.3. The highest BCUT2D eigenvalue weighted by atomic mass is 16.7. The van der Waals surface area contributed by atoms with E-state index in [1.54, 1.807) is 14.2 Å². The number of aliphatic imine (C=N–C) groups is 1. The van der Waals surface area contributed by atoms with Crippen molar-refractivity contribution in [1.82, 2.24) is 5.32 Å². The molecule has 0 aromatic carbocycles. The third kappa shape index (κ3) is 8.12. The van der Waals surface area contributed by atoms with E-state index in [1.165, 1.54) is 0 Å². The molecule has 2 aliphatic carbocycles. The van der Waals surface area contributed by atoms with E-state index in [9.17, 15) is 24.9 Å². The molecule has 2 unspecified atom stereocenters. The normalized spacial score (nSPS) is 50.0. The molecule has 12 bridgehead atoms. The van der Waals surface area contributed by atoms with Crippen LogP contribution in [-0.4, -0.2) is 150 Å². The SMILES string of the molecule is C=C1C[C@@H]2CC[C@@]3(O)C[C@@H](O)[C@@H]4CC5[C@H]4O[C@H]4CC[C@@H]6CC(=O)C[C@@H]7[C@@H](OC)[C@@H](C[C@@H](CNC(=O)C(O)C8CC8)OC)O[C@H]7C[C@H]7O[C@@H](CC[C@@H]1O2)C[C@@H](C)/C7=N/[C@@]4(O6)[C@@H]5O3. The molecule has 2 saturated carbocycles. The van der Waals surface area contributed by atoms with Crippen LogP contribution in [0.1, 0.15) is 110 Å². The number of aliphatic hydroxyl groups excluding tert-OH is 2. The number of hydrogen-bond acceptors (Lipinski definition) is 14. The summed E-state index contributed by atoms with van der Waals surface area (Å²) in [5.74, 6) is -2.61. The van der Waals surface area contributed by atoms with Gasteiger partial charge >= 0.3 is 0 Å². The molecule has 15 heteroatoms. The standard InChI is InChI=1S/C46H68N2O13/c1-22-13-27-11-12-45(53)20-33(50)30-18-32-41(30)59-38-10-8-28-15-25(49)16-31-35(58-37(42(31)55-4)17-29(54-3)21-47-44(52)40(51)24-5-6-24)19-36-39(48-46(38,60-28)43(32)61-45)23(2)14-26(57-36)7-9-34(22)56-27/h23-24,26-38,40-43,50-51,53H,1,5-21H2,2-4H3,(H,47,52)/b48-39-/t23-,26+,27+,28-,29+,30+,31+,32?,33-,34+,35+,36-,37-,38+,40?,41+,42-,43-,45+,46+/m1/s1. The van der Waals surface area contributed by atoms with E-state index in [4.69, 9.17) is 42.9 Å². The van der Waals surface area contributed by atoms with E-state index in [2.05, 4.69) is 18.8 Å². The molecule has 9 fully saturated rings. The molecule has 7 saturated heterocycles. The fourth-order valence-electron chi connectivity index (χ4n) is 12.9. The molecule has 340 valence electrons. The molecule has 0 aromatic heterocycles. The first kappa shape index (κ1) is 43.0. The van der Waals surface area contributed by atoms with Crippen molar-refractivity contribution in [2.45, 2.75) is 207 Å². The third-order valence-corrected chi connectivity index (χ3v) is 16.4. The Balaban J connectivity index is 1.01. The second-order valence-electron chi connectivity index (χ2n) is 20.5. The van der Waals surface area contributed by atoms with Crippen LogP contribution in [0.3, 0.4) is 0 Å². The number of rotatable bonds is 8. The van der Waals surface area contributed by atoms with E-state index in [-0.39, 0.29) is 92.0 Å². The van der Waals surface area contributed by atoms with Gasteiger partial charge in [0.2, 0.25) is 11.6 Å². The Morgan fingerprint density at radius 1 is 0.918 bits per heavy atom. The van der Waals surface area contributed by atoms with Crippen molar-refractivity contribution in [3.63, 3.8) is 0 Å². The second kappa shape index (κ2) is 16.8. The summed E-state index contributed by atoms with van der Waals surface area (Å²) in [6, 6.07) is 0. The van der Waals surface area contributed by atoms with E-state index < -0.39 is 78.5 Å². The number of Topliss-reactive ketones (excluding diaryl/α,β-unsaturated/α-hetero) is 1. The predicted octanol–water partition coefficient (Wildman–Crippen LogP) is 3.07. The van der Waals surface area contributed by atoms with Crippen molar-refractivity contribution in [3.8, 4) is 0 Å². The van der Waals surface area contributed by atoms with Gasteiger partial charge in [0.15, 0.2) is 5.79 Å². The third-order valence-electron chi connectivity index (χ3n) is 16.4. The van der Waals surface area contributed by atoms with E-state index >= 15 is 0 Å². The summed E-state index contributed by atoms with van der Waals surface area (Å²) in [6.07, 6.45) is 2.33. The number of ketones is 1. The van der Waals surface area contributed by atoms with Gasteiger partial charge in [0.1, 0.15) is 24.1 Å². The van der Waals surface area contributed by atoms with Gasteiger partial charge in [0.25, 0.3) is 0 Å². The number of fused-ring (bicyclic) bond motifs is 6. The minimum Gasteiger partial charge on any atom is -0.393 e. The molecule has 0 radical (unpaired) electrons. The van der Waals surface area contributed by atoms with Gasteiger partial charge < -0.3 is 58.5 Å². The molecule has 0 aromatic rings. The van der Waals surface area contributed by atoms with E-state index in [1.807, 2.05) is 0 Å². The van der Waals surface area contributed by atoms with Crippen molar-refractivity contribution in [2.75, 3.05) is 20.8 Å². The van der Waals surface area contributed by atoms with E-state index in [0.29, 0.717) is 44.9 Å². The number of nitrogens with zero attached hydrogens (tertiary/aromatic N) is 1. The summed E-state index contributed by atoms with van der Waals surface area (Å²) < 4.78 is 54.1. The molecule has 20 atom stereocenters. The first-order valence-electron chi connectivity index (χ1n) is 23.5. The Morgan fingerprint density at radius 3 is 2.51 bits per heavy atom. The summed E-state index contributed by atoms with van der Waals surface area (Å²) in [5, 5.41) is 37.3. The number of methoxy groups -OCH3 is 2. The molecule has 12 rings (SSSR count). The lowest BCUT2D eigenvalue weighted by atomic mass is 9.60. The smallest absolute Gasteiger partial charge is 0.249 e. The topological polar surface area (TPSA) is 193 Å². The van der Waals surface area contributed by atoms with E-state index in [0.717, 1.165) is 43.4 Å². The highest BCUT2D eigenvalue weighted by molar-refractivity contribution is 5.92. The van der Waals surface area contributed by atoms with Crippen molar-refractivity contribution in [1.29, 1.82) is 0 Å². The summed E-state index contributed by atoms with van der Waals surface area (Å²) in [7, 11) is 3.26. The summed E-state index contributed by atoms with van der Waals surface area (Å²) in [4.78, 5) is 32.8. The minimum atomic E-state index is -1.66. The van der Waals surface area contributed by atoms with Gasteiger partial charge in [-0.1, -0.05) is 13.5 Å². The number of hydrogen-bond donors (Lipinski definition) is 4. The van der Waals surface area contributed by atoms with Crippen molar-refractivity contribution in [2.24, 2.45) is 34.6 Å². The highest BCUT2D eigenvalue weighted by Gasteiger charge is 2.69.